The second kappa shape index (κ2) is 6.73. The number of carbonyl (C=O) groups is 2. The Hall–Kier alpha value is -2.49. The zero-order valence-corrected chi connectivity index (χ0v) is 12.4. The van der Waals surface area contributed by atoms with Gasteiger partial charge in [0.05, 0.1) is 6.20 Å². The first-order chi connectivity index (χ1) is 10.8. The maximum absolute atomic E-state index is 13.4. The van der Waals surface area contributed by atoms with Crippen molar-refractivity contribution >= 4 is 11.9 Å². The van der Waals surface area contributed by atoms with Crippen molar-refractivity contribution in [2.24, 2.45) is 0 Å². The van der Waals surface area contributed by atoms with Crippen molar-refractivity contribution in [3.05, 3.63) is 32.9 Å². The molecule has 1 aromatic heterocycles. The van der Waals surface area contributed by atoms with E-state index in [1.165, 1.54) is 13.8 Å². The second-order valence-electron chi connectivity index (χ2n) is 4.96. The monoisotopic (exact) mass is 330 g/mol. The van der Waals surface area contributed by atoms with Crippen LogP contribution in [0, 0.1) is 5.82 Å². The molecule has 2 rings (SSSR count). The van der Waals surface area contributed by atoms with Crippen LogP contribution in [-0.2, 0) is 23.8 Å². The number of hydrogen-bond acceptors (Lipinski definition) is 7. The lowest BCUT2D eigenvalue weighted by Crippen LogP contribution is -2.34. The van der Waals surface area contributed by atoms with E-state index in [2.05, 4.69) is 0 Å². The van der Waals surface area contributed by atoms with Gasteiger partial charge in [-0.3, -0.25) is 23.9 Å². The van der Waals surface area contributed by atoms with Crippen LogP contribution in [-0.4, -0.2) is 40.3 Å². The van der Waals surface area contributed by atoms with Gasteiger partial charge in [-0.05, 0) is 0 Å². The van der Waals surface area contributed by atoms with Crippen molar-refractivity contribution in [2.45, 2.75) is 38.7 Å². The Kier molecular flexibility index (Phi) is 4.94. The fraction of sp³-hybridized carbons (Fsp3) is 0.538. The van der Waals surface area contributed by atoms with Crippen molar-refractivity contribution < 1.29 is 28.2 Å². The van der Waals surface area contributed by atoms with Crippen LogP contribution in [0.25, 0.3) is 0 Å². The largest absolute Gasteiger partial charge is 0.463 e. The van der Waals surface area contributed by atoms with E-state index in [1.807, 2.05) is 4.98 Å². The molecule has 9 nitrogen and oxygen atoms in total. The zero-order chi connectivity index (χ0) is 17.1. The molecule has 126 valence electrons. The van der Waals surface area contributed by atoms with E-state index in [-0.39, 0.29) is 13.0 Å². The summed E-state index contributed by atoms with van der Waals surface area (Å²) in [5.74, 6) is -2.28. The SMILES string of the molecule is CC(=O)OC[C@@H]1O[C@H](n2cc(F)c(=O)[nH]c2=O)C[C@H]1OC(C)=O. The molecule has 10 heteroatoms. The Morgan fingerprint density at radius 3 is 2.70 bits per heavy atom. The van der Waals surface area contributed by atoms with Gasteiger partial charge in [-0.15, -0.1) is 0 Å². The first-order valence-corrected chi connectivity index (χ1v) is 6.75. The highest BCUT2D eigenvalue weighted by Crippen LogP contribution is 2.30. The zero-order valence-electron chi connectivity index (χ0n) is 12.4. The lowest BCUT2D eigenvalue weighted by molar-refractivity contribution is -0.155. The summed E-state index contributed by atoms with van der Waals surface area (Å²) in [5.41, 5.74) is -2.01. The number of hydrogen-bond donors (Lipinski definition) is 1. The standard InChI is InChI=1S/C13H15FN2O7/c1-6(17)21-5-10-9(22-7(2)18)3-11(23-10)16-4-8(14)12(19)15-13(16)20/h4,9-11H,3,5H2,1-2H3,(H,15,19,20)/t9-,10+,11+/m1/s1. The minimum absolute atomic E-state index is 0.0386. The van der Waals surface area contributed by atoms with Crippen LogP contribution in [0.4, 0.5) is 4.39 Å². The fourth-order valence-electron chi connectivity index (χ4n) is 2.23. The van der Waals surface area contributed by atoms with E-state index in [1.54, 1.807) is 0 Å². The van der Waals surface area contributed by atoms with Crippen LogP contribution in [0.15, 0.2) is 15.8 Å². The number of esters is 2. The van der Waals surface area contributed by atoms with Crippen molar-refractivity contribution in [1.29, 1.82) is 0 Å². The summed E-state index contributed by atoms with van der Waals surface area (Å²) in [4.78, 5) is 46.6. The van der Waals surface area contributed by atoms with Gasteiger partial charge < -0.3 is 14.2 Å². The summed E-state index contributed by atoms with van der Waals surface area (Å²) in [7, 11) is 0. The molecule has 3 atom stereocenters. The molecular weight excluding hydrogens is 315 g/mol. The topological polar surface area (TPSA) is 117 Å². The van der Waals surface area contributed by atoms with Gasteiger partial charge in [0.2, 0.25) is 5.82 Å². The average molecular weight is 330 g/mol. The minimum atomic E-state index is -1.15. The minimum Gasteiger partial charge on any atom is -0.463 e. The highest BCUT2D eigenvalue weighted by atomic mass is 19.1. The highest BCUT2D eigenvalue weighted by molar-refractivity contribution is 5.66. The van der Waals surface area contributed by atoms with Crippen LogP contribution in [0.1, 0.15) is 26.5 Å². The predicted octanol–water partition coefficient (Wildman–Crippen LogP) is -0.542. The Morgan fingerprint density at radius 1 is 1.39 bits per heavy atom. The van der Waals surface area contributed by atoms with Gasteiger partial charge in [-0.2, -0.15) is 4.39 Å². The van der Waals surface area contributed by atoms with Crippen molar-refractivity contribution in [1.82, 2.24) is 9.55 Å². The summed E-state index contributed by atoms with van der Waals surface area (Å²) in [6.45, 7) is 2.21. The molecule has 0 unspecified atom stereocenters. The van der Waals surface area contributed by atoms with E-state index in [0.29, 0.717) is 6.20 Å². The fourth-order valence-corrected chi connectivity index (χ4v) is 2.23. The van der Waals surface area contributed by atoms with Crippen LogP contribution >= 0.6 is 0 Å². The summed E-state index contributed by atoms with van der Waals surface area (Å²) in [6.07, 6.45) is -1.81. The van der Waals surface area contributed by atoms with Gasteiger partial charge in [-0.25, -0.2) is 4.79 Å². The summed E-state index contributed by atoms with van der Waals surface area (Å²) in [6, 6.07) is 0. The number of halogens is 1. The third kappa shape index (κ3) is 4.03. The Bertz CT molecular complexity index is 726. The molecule has 23 heavy (non-hydrogen) atoms. The number of aromatic amines is 1. The smallest absolute Gasteiger partial charge is 0.330 e. The lowest BCUT2D eigenvalue weighted by atomic mass is 10.2. The molecule has 0 aliphatic carbocycles. The average Bonchev–Trinajstić information content (AvgIpc) is 2.82. The molecule has 2 heterocycles. The van der Waals surface area contributed by atoms with E-state index in [9.17, 15) is 23.6 Å². The molecule has 0 bridgehead atoms. The van der Waals surface area contributed by atoms with E-state index in [0.717, 1.165) is 4.57 Å². The van der Waals surface area contributed by atoms with Gasteiger partial charge in [0.1, 0.15) is 25.0 Å². The normalized spacial score (nSPS) is 23.5. The van der Waals surface area contributed by atoms with E-state index >= 15 is 0 Å². The molecule has 1 N–H and O–H groups in total. The maximum atomic E-state index is 13.4. The van der Waals surface area contributed by atoms with Crippen molar-refractivity contribution in [3.8, 4) is 0 Å². The molecule has 1 aromatic rings. The molecule has 0 aromatic carbocycles. The Balaban J connectivity index is 2.23. The molecule has 1 aliphatic rings. The van der Waals surface area contributed by atoms with Gasteiger partial charge in [0.25, 0.3) is 5.56 Å². The Labute approximate surface area is 129 Å². The van der Waals surface area contributed by atoms with Crippen molar-refractivity contribution in [3.63, 3.8) is 0 Å². The number of aromatic nitrogens is 2. The third-order valence-corrected chi connectivity index (χ3v) is 3.18. The summed E-state index contributed by atoms with van der Waals surface area (Å²) < 4.78 is 29.6. The Morgan fingerprint density at radius 2 is 2.09 bits per heavy atom. The van der Waals surface area contributed by atoms with Crippen LogP contribution in [0.2, 0.25) is 0 Å². The highest BCUT2D eigenvalue weighted by Gasteiger charge is 2.39. The number of nitrogens with zero attached hydrogens (tertiary/aromatic N) is 1. The molecule has 1 aliphatic heterocycles. The van der Waals surface area contributed by atoms with Gasteiger partial charge in [0.15, 0.2) is 0 Å². The van der Waals surface area contributed by atoms with Crippen LogP contribution in [0.5, 0.6) is 0 Å². The third-order valence-electron chi connectivity index (χ3n) is 3.18. The number of ether oxygens (including phenoxy) is 3. The molecule has 1 fully saturated rings. The summed E-state index contributed by atoms with van der Waals surface area (Å²) >= 11 is 0. The van der Waals surface area contributed by atoms with Crippen LogP contribution < -0.4 is 11.2 Å². The quantitative estimate of drug-likeness (QED) is 0.737. The van der Waals surface area contributed by atoms with E-state index < -0.39 is 47.4 Å². The number of nitrogens with one attached hydrogen (secondary N) is 1. The van der Waals surface area contributed by atoms with Crippen LogP contribution in [0.3, 0.4) is 0 Å². The first kappa shape index (κ1) is 16.9. The van der Waals surface area contributed by atoms with Gasteiger partial charge in [-0.1, -0.05) is 0 Å². The number of carbonyl (C=O) groups excluding carboxylic acids is 2. The van der Waals surface area contributed by atoms with Gasteiger partial charge in [0, 0.05) is 20.3 Å². The first-order valence-electron chi connectivity index (χ1n) is 6.75. The maximum Gasteiger partial charge on any atom is 0.330 e. The van der Waals surface area contributed by atoms with Crippen molar-refractivity contribution in [2.75, 3.05) is 6.61 Å². The van der Waals surface area contributed by atoms with Gasteiger partial charge >= 0.3 is 17.6 Å². The van der Waals surface area contributed by atoms with E-state index in [4.69, 9.17) is 14.2 Å². The molecular formula is C13H15FN2O7. The second-order valence-corrected chi connectivity index (χ2v) is 4.96. The number of H-pyrrole nitrogens is 1. The number of rotatable bonds is 4. The predicted molar refractivity (Wildman–Crippen MR) is 72.0 cm³/mol. The molecule has 0 radical (unpaired) electrons. The lowest BCUT2D eigenvalue weighted by Gasteiger charge is -2.17. The molecule has 1 saturated heterocycles. The molecule has 0 spiro atoms. The molecule has 0 amide bonds. The summed E-state index contributed by atoms with van der Waals surface area (Å²) in [5, 5.41) is 0. The molecule has 0 saturated carbocycles.